The fourth-order valence-corrected chi connectivity index (χ4v) is 5.82. The first-order valence-electron chi connectivity index (χ1n) is 16.8. The Morgan fingerprint density at radius 2 is 1.72 bits per heavy atom. The molecule has 1 aliphatic heterocycles. The smallest absolute Gasteiger partial charge is 0.351 e. The van der Waals surface area contributed by atoms with Gasteiger partial charge in [-0.15, -0.1) is 10.2 Å². The molecule has 5 rings (SSSR count). The molecule has 1 fully saturated rings. The number of anilines is 1. The van der Waals surface area contributed by atoms with Gasteiger partial charge in [-0.2, -0.15) is 4.98 Å². The predicted octanol–water partition coefficient (Wildman–Crippen LogP) is 3.08. The Morgan fingerprint density at radius 3 is 2.30 bits per heavy atom. The van der Waals surface area contributed by atoms with Crippen LogP contribution in [0.4, 0.5) is 14.6 Å². The zero-order valence-electron chi connectivity index (χ0n) is 29.5. The molecule has 18 heteroatoms. The Kier molecular flexibility index (Phi) is 11.2. The Hall–Kier alpha value is -5.75. The minimum absolute atomic E-state index is 0.0968. The highest BCUT2D eigenvalue weighted by Crippen LogP contribution is 2.42. The molecule has 1 aliphatic rings. The second-order valence-electron chi connectivity index (χ2n) is 13.1. The van der Waals surface area contributed by atoms with E-state index in [0.29, 0.717) is 22.4 Å². The van der Waals surface area contributed by atoms with E-state index in [0.717, 1.165) is 12.3 Å². The molecule has 0 saturated carbocycles. The summed E-state index contributed by atoms with van der Waals surface area (Å²) >= 11 is 0. The van der Waals surface area contributed by atoms with Gasteiger partial charge in [0.1, 0.15) is 23.4 Å². The molecule has 3 heterocycles. The highest BCUT2D eigenvalue weighted by atomic mass is 19.3. The van der Waals surface area contributed by atoms with Crippen LogP contribution < -0.4 is 21.6 Å². The van der Waals surface area contributed by atoms with Gasteiger partial charge in [-0.05, 0) is 60.7 Å². The molecule has 2 aromatic heterocycles. The molecule has 6 N–H and O–H groups in total. The first-order valence-corrected chi connectivity index (χ1v) is 16.8. The van der Waals surface area contributed by atoms with E-state index in [-0.39, 0.29) is 46.0 Å². The number of ether oxygens (including phenoxy) is 1. The molecule has 2 aromatic carbocycles. The fraction of sp³-hybridized carbons (Fsp3) is 0.400. The topological polar surface area (TPSA) is 223 Å². The number of alkyl halides is 2. The Balaban J connectivity index is 1.37. The summed E-state index contributed by atoms with van der Waals surface area (Å²) in [6, 6.07) is 8.71. The van der Waals surface area contributed by atoms with E-state index < -0.39 is 66.7 Å². The number of halogens is 2. The average Bonchev–Trinajstić information content (AvgIpc) is 3.67. The van der Waals surface area contributed by atoms with E-state index in [4.69, 9.17) is 4.74 Å². The van der Waals surface area contributed by atoms with Gasteiger partial charge in [0, 0.05) is 36.5 Å². The number of hydrogen-bond acceptors (Lipinski definition) is 11. The third kappa shape index (κ3) is 8.02. The van der Waals surface area contributed by atoms with Crippen molar-refractivity contribution < 1.29 is 43.2 Å². The van der Waals surface area contributed by atoms with Crippen LogP contribution >= 0.6 is 0 Å². The number of rotatable bonds is 12. The summed E-state index contributed by atoms with van der Waals surface area (Å²) in [5, 5.41) is 46.4. The molecule has 0 spiro atoms. The standard InChI is InChI=1S/C35H40F2N8O8/c1-6-38-32(51)29-43-42-28(23-13-22(17(2)3)24(47)14-25(23)48)45(29)20-9-7-19(8-10-20)30(49)41-27(18(4)5)31(50)39-26-11-12-44(34(52)40-26)33-35(36,37)15-21(16-46)53-33/h7-14,17-18,21,27,33,46-48H,6,15-16H2,1-5H3,(H,38,51)(H,41,49)(H,39,40,50,52). The fourth-order valence-electron chi connectivity index (χ4n) is 5.82. The van der Waals surface area contributed by atoms with Crippen molar-refractivity contribution in [2.45, 2.75) is 71.3 Å². The van der Waals surface area contributed by atoms with Crippen LogP contribution in [0.1, 0.15) is 79.7 Å². The third-order valence-electron chi connectivity index (χ3n) is 8.55. The number of carbonyl (C=O) groups is 3. The molecular formula is C35H40F2N8O8. The second-order valence-corrected chi connectivity index (χ2v) is 13.1. The minimum Gasteiger partial charge on any atom is -0.508 e. The zero-order chi connectivity index (χ0) is 38.8. The number of phenols is 2. The summed E-state index contributed by atoms with van der Waals surface area (Å²) in [4.78, 5) is 56.0. The lowest BCUT2D eigenvalue weighted by Crippen LogP contribution is -2.47. The van der Waals surface area contributed by atoms with Gasteiger partial charge in [-0.1, -0.05) is 27.7 Å². The number of carbonyl (C=O) groups excluding carboxylic acids is 3. The van der Waals surface area contributed by atoms with Crippen LogP contribution in [0.25, 0.3) is 17.1 Å². The number of hydrogen-bond donors (Lipinski definition) is 6. The van der Waals surface area contributed by atoms with Gasteiger partial charge in [-0.25, -0.2) is 13.6 Å². The number of nitrogens with zero attached hydrogens (tertiary/aromatic N) is 5. The first-order chi connectivity index (χ1) is 25.1. The maximum absolute atomic E-state index is 14.4. The number of phenolic OH excluding ortho intramolecular Hbond substituents is 2. The molecule has 282 valence electrons. The van der Waals surface area contributed by atoms with E-state index >= 15 is 0 Å². The Morgan fingerprint density at radius 1 is 1.02 bits per heavy atom. The summed E-state index contributed by atoms with van der Waals surface area (Å²) in [7, 11) is 0. The number of aliphatic hydroxyl groups excluding tert-OH is 1. The van der Waals surface area contributed by atoms with Gasteiger partial charge in [0.15, 0.2) is 5.82 Å². The lowest BCUT2D eigenvalue weighted by atomic mass is 9.98. The van der Waals surface area contributed by atoms with Crippen molar-refractivity contribution in [3.63, 3.8) is 0 Å². The van der Waals surface area contributed by atoms with Crippen molar-refractivity contribution in [1.29, 1.82) is 0 Å². The monoisotopic (exact) mass is 738 g/mol. The van der Waals surface area contributed by atoms with Crippen LogP contribution in [-0.4, -0.2) is 88.6 Å². The lowest BCUT2D eigenvalue weighted by molar-refractivity contribution is -0.120. The average molecular weight is 739 g/mol. The summed E-state index contributed by atoms with van der Waals surface area (Å²) < 4.78 is 36.0. The van der Waals surface area contributed by atoms with Crippen LogP contribution in [0.15, 0.2) is 53.5 Å². The number of benzene rings is 2. The molecule has 53 heavy (non-hydrogen) atoms. The summed E-state index contributed by atoms with van der Waals surface area (Å²) in [6.45, 7) is 8.45. The number of aromatic hydroxyl groups is 2. The van der Waals surface area contributed by atoms with Crippen molar-refractivity contribution in [2.24, 2.45) is 5.92 Å². The molecule has 4 aromatic rings. The number of amides is 3. The van der Waals surface area contributed by atoms with Crippen LogP contribution in [-0.2, 0) is 9.53 Å². The molecule has 1 saturated heterocycles. The van der Waals surface area contributed by atoms with Crippen LogP contribution in [0, 0.1) is 5.92 Å². The predicted molar refractivity (Wildman–Crippen MR) is 186 cm³/mol. The third-order valence-corrected chi connectivity index (χ3v) is 8.55. The van der Waals surface area contributed by atoms with Gasteiger partial charge in [0.05, 0.1) is 18.3 Å². The highest BCUT2D eigenvalue weighted by Gasteiger charge is 2.51. The van der Waals surface area contributed by atoms with Crippen LogP contribution in [0.5, 0.6) is 11.5 Å². The van der Waals surface area contributed by atoms with Gasteiger partial charge >= 0.3 is 5.69 Å². The summed E-state index contributed by atoms with van der Waals surface area (Å²) in [6.07, 6.45) is -2.91. The largest absolute Gasteiger partial charge is 0.508 e. The van der Waals surface area contributed by atoms with E-state index in [9.17, 15) is 43.3 Å². The molecule has 0 radical (unpaired) electrons. The number of nitrogens with one attached hydrogen (secondary N) is 3. The zero-order valence-corrected chi connectivity index (χ0v) is 29.5. The van der Waals surface area contributed by atoms with Crippen molar-refractivity contribution in [1.82, 2.24) is 34.9 Å². The van der Waals surface area contributed by atoms with Crippen molar-refractivity contribution in [3.8, 4) is 28.6 Å². The molecular weight excluding hydrogens is 698 g/mol. The van der Waals surface area contributed by atoms with Crippen molar-refractivity contribution >= 4 is 23.5 Å². The minimum atomic E-state index is -3.44. The van der Waals surface area contributed by atoms with E-state index in [1.54, 1.807) is 26.8 Å². The molecule has 3 unspecified atom stereocenters. The van der Waals surface area contributed by atoms with Gasteiger partial charge in [0.25, 0.3) is 17.7 Å². The maximum Gasteiger partial charge on any atom is 0.351 e. The van der Waals surface area contributed by atoms with Crippen molar-refractivity contribution in [3.05, 3.63) is 76.1 Å². The molecule has 0 bridgehead atoms. The normalized spacial score (nSPS) is 17.2. The SMILES string of the molecule is CCNC(=O)c1nnc(-c2cc(C(C)C)c(O)cc2O)n1-c1ccc(C(=O)NC(C(=O)Nc2ccn(C3OC(CO)CC3(F)F)c(=O)n2)C(C)C)cc1. The number of aromatic nitrogens is 5. The van der Waals surface area contributed by atoms with E-state index in [1.807, 2.05) is 13.8 Å². The van der Waals surface area contributed by atoms with Crippen molar-refractivity contribution in [2.75, 3.05) is 18.5 Å². The number of aliphatic hydroxyl groups is 1. The summed E-state index contributed by atoms with van der Waals surface area (Å²) in [5.74, 6) is -6.57. The first kappa shape index (κ1) is 38.5. The second kappa shape index (κ2) is 15.5. The van der Waals surface area contributed by atoms with Gasteiger partial charge in [-0.3, -0.25) is 23.5 Å². The summed E-state index contributed by atoms with van der Waals surface area (Å²) in [5.41, 5.74) is 0.101. The van der Waals surface area contributed by atoms with E-state index in [1.165, 1.54) is 34.9 Å². The maximum atomic E-state index is 14.4. The molecule has 0 aliphatic carbocycles. The van der Waals surface area contributed by atoms with Crippen LogP contribution in [0.3, 0.4) is 0 Å². The Bertz CT molecular complexity index is 2070. The quantitative estimate of drug-likeness (QED) is 0.124. The van der Waals surface area contributed by atoms with Gasteiger partial charge < -0.3 is 36.0 Å². The van der Waals surface area contributed by atoms with Gasteiger partial charge in [0.2, 0.25) is 18.0 Å². The highest BCUT2D eigenvalue weighted by molar-refractivity contribution is 6.01. The van der Waals surface area contributed by atoms with E-state index in [2.05, 4.69) is 31.1 Å². The lowest BCUT2D eigenvalue weighted by Gasteiger charge is -2.22. The molecule has 3 amide bonds. The Labute approximate surface area is 301 Å². The molecule has 3 atom stereocenters. The van der Waals surface area contributed by atoms with Crippen LogP contribution in [0.2, 0.25) is 0 Å². The molecule has 16 nitrogen and oxygen atoms in total.